The SMILES string of the molecule is COc1ccc(-n2nc(C)c3c2C=C2Oc4c(-c5ccc6c(=O)[nH]c(=S)[nH]c6n5)c(O)c(C)c(O)c4C2(C)C3=O)cc1. The minimum Gasteiger partial charge on any atom is -0.507 e. The molecule has 0 fully saturated rings. The molecule has 210 valence electrons. The fraction of sp³-hybridized carbons (Fsp3) is 0.167. The van der Waals surface area contributed by atoms with Gasteiger partial charge in [-0.3, -0.25) is 14.6 Å². The number of hydrogen-bond donors (Lipinski definition) is 4. The molecule has 0 saturated heterocycles. The van der Waals surface area contributed by atoms with E-state index in [2.05, 4.69) is 20.1 Å². The molecule has 12 heteroatoms. The summed E-state index contributed by atoms with van der Waals surface area (Å²) in [6.07, 6.45) is 1.74. The van der Waals surface area contributed by atoms with E-state index in [9.17, 15) is 19.8 Å². The average Bonchev–Trinajstić information content (AvgIpc) is 3.46. The van der Waals surface area contributed by atoms with Crippen LogP contribution in [-0.4, -0.2) is 47.8 Å². The Balaban J connectivity index is 1.46. The molecule has 2 aliphatic rings. The van der Waals surface area contributed by atoms with Gasteiger partial charge < -0.3 is 24.7 Å². The third-order valence-electron chi connectivity index (χ3n) is 8.06. The van der Waals surface area contributed by atoms with Gasteiger partial charge in [-0.2, -0.15) is 5.10 Å². The summed E-state index contributed by atoms with van der Waals surface area (Å²) >= 11 is 5.11. The van der Waals surface area contributed by atoms with E-state index in [0.29, 0.717) is 28.4 Å². The molecule has 0 spiro atoms. The molecule has 0 bridgehead atoms. The maximum Gasteiger partial charge on any atom is 0.261 e. The Morgan fingerprint density at radius 1 is 1.02 bits per heavy atom. The van der Waals surface area contributed by atoms with E-state index in [0.717, 1.165) is 0 Å². The average molecular weight is 582 g/mol. The number of hydrogen-bond acceptors (Lipinski definition) is 9. The number of ether oxygens (including phenoxy) is 2. The van der Waals surface area contributed by atoms with Crippen molar-refractivity contribution in [2.75, 3.05) is 7.11 Å². The van der Waals surface area contributed by atoms with Gasteiger partial charge in [0.15, 0.2) is 10.6 Å². The lowest BCUT2D eigenvalue weighted by Crippen LogP contribution is -2.36. The van der Waals surface area contributed by atoms with Crippen LogP contribution in [0.15, 0.2) is 47.0 Å². The summed E-state index contributed by atoms with van der Waals surface area (Å²) < 4.78 is 13.4. The Bertz CT molecular complexity index is 2180. The summed E-state index contributed by atoms with van der Waals surface area (Å²) in [6, 6.07) is 10.4. The van der Waals surface area contributed by atoms with Crippen molar-refractivity contribution in [3.8, 4) is 39.9 Å². The van der Waals surface area contributed by atoms with Crippen LogP contribution in [0.25, 0.3) is 34.1 Å². The highest BCUT2D eigenvalue weighted by molar-refractivity contribution is 7.71. The van der Waals surface area contributed by atoms with E-state index in [1.165, 1.54) is 0 Å². The number of benzene rings is 2. The van der Waals surface area contributed by atoms with Crippen molar-refractivity contribution in [2.24, 2.45) is 0 Å². The Labute approximate surface area is 242 Å². The number of Topliss-reactive ketones (excluding diaryl/α,β-unsaturated/α-hetero) is 1. The zero-order chi connectivity index (χ0) is 29.7. The molecule has 3 aromatic heterocycles. The Kier molecular flexibility index (Phi) is 5.29. The van der Waals surface area contributed by atoms with Crippen molar-refractivity contribution in [1.29, 1.82) is 0 Å². The van der Waals surface area contributed by atoms with E-state index in [1.807, 2.05) is 12.1 Å². The van der Waals surface area contributed by atoms with Gasteiger partial charge in [0.2, 0.25) is 0 Å². The summed E-state index contributed by atoms with van der Waals surface area (Å²) in [5, 5.41) is 27.5. The van der Waals surface area contributed by atoms with Crippen molar-refractivity contribution in [1.82, 2.24) is 24.7 Å². The highest BCUT2D eigenvalue weighted by Crippen LogP contribution is 2.60. The van der Waals surface area contributed by atoms with Gasteiger partial charge in [-0.25, -0.2) is 9.67 Å². The molecule has 1 aliphatic heterocycles. The van der Waals surface area contributed by atoms with Crippen LogP contribution in [-0.2, 0) is 5.41 Å². The molecule has 0 saturated carbocycles. The minimum atomic E-state index is -1.41. The fourth-order valence-corrected chi connectivity index (χ4v) is 5.99. The summed E-state index contributed by atoms with van der Waals surface area (Å²) in [6.45, 7) is 4.99. The van der Waals surface area contributed by atoms with Crippen LogP contribution in [0.2, 0.25) is 0 Å². The van der Waals surface area contributed by atoms with E-state index in [1.54, 1.807) is 62.9 Å². The van der Waals surface area contributed by atoms with E-state index < -0.39 is 11.0 Å². The second-order valence-electron chi connectivity index (χ2n) is 10.4. The van der Waals surface area contributed by atoms with E-state index in [4.69, 9.17) is 21.7 Å². The number of carbonyl (C=O) groups is 1. The van der Waals surface area contributed by atoms with Gasteiger partial charge in [0.05, 0.1) is 52.0 Å². The maximum atomic E-state index is 14.4. The summed E-state index contributed by atoms with van der Waals surface area (Å²) in [5.74, 6) is 0.211. The number of pyridine rings is 1. The van der Waals surface area contributed by atoms with Crippen LogP contribution in [0.5, 0.6) is 23.0 Å². The number of aromatic amines is 2. The van der Waals surface area contributed by atoms with Gasteiger partial charge >= 0.3 is 0 Å². The first kappa shape index (κ1) is 25.7. The minimum absolute atomic E-state index is 0.0954. The van der Waals surface area contributed by atoms with Crippen molar-refractivity contribution in [2.45, 2.75) is 26.2 Å². The number of carbonyl (C=O) groups excluding carboxylic acids is 1. The van der Waals surface area contributed by atoms with Gasteiger partial charge in [-0.1, -0.05) is 0 Å². The van der Waals surface area contributed by atoms with Crippen LogP contribution in [0.3, 0.4) is 0 Å². The van der Waals surface area contributed by atoms with E-state index >= 15 is 0 Å². The standard InChI is InChI=1S/C30H23N5O6S/c1-12-23(36)21(17-10-9-16-27(31-17)32-29(42)33-28(16)39)25-22(24(12)37)30(3)19(41-25)11-18-20(26(30)38)13(2)34-35(18)14-5-7-15(40-4)8-6-14/h5-11,36-37H,1-4H3,(H2,31,32,33,39,42). The molecular weight excluding hydrogens is 558 g/mol. The number of nitrogens with zero attached hydrogens (tertiary/aromatic N) is 3. The second kappa shape index (κ2) is 8.63. The molecule has 4 heterocycles. The number of ketones is 1. The first-order valence-corrected chi connectivity index (χ1v) is 13.4. The molecule has 1 atom stereocenters. The van der Waals surface area contributed by atoms with Gasteiger partial charge in [0.1, 0.15) is 39.8 Å². The number of rotatable bonds is 3. The first-order chi connectivity index (χ1) is 20.0. The first-order valence-electron chi connectivity index (χ1n) is 13.0. The number of nitrogens with one attached hydrogen (secondary N) is 2. The molecule has 42 heavy (non-hydrogen) atoms. The normalized spacial score (nSPS) is 17.0. The molecule has 7 rings (SSSR count). The highest BCUT2D eigenvalue weighted by Gasteiger charge is 2.55. The van der Waals surface area contributed by atoms with Crippen LogP contribution < -0.4 is 15.0 Å². The van der Waals surface area contributed by atoms with Crippen LogP contribution >= 0.6 is 12.2 Å². The van der Waals surface area contributed by atoms with Gasteiger partial charge in [0, 0.05) is 11.6 Å². The Hall–Kier alpha value is -5.23. The van der Waals surface area contributed by atoms with Crippen LogP contribution in [0.4, 0.5) is 0 Å². The molecule has 11 nitrogen and oxygen atoms in total. The third-order valence-corrected chi connectivity index (χ3v) is 8.26. The van der Waals surface area contributed by atoms with Gasteiger partial charge in [-0.05, 0) is 69.4 Å². The van der Waals surface area contributed by atoms with Gasteiger partial charge in [-0.15, -0.1) is 0 Å². The molecular formula is C30H23N5O6S. The smallest absolute Gasteiger partial charge is 0.261 e. The largest absolute Gasteiger partial charge is 0.507 e. The summed E-state index contributed by atoms with van der Waals surface area (Å²) in [5.41, 5.74) is 1.34. The Morgan fingerprint density at radius 2 is 1.76 bits per heavy atom. The second-order valence-corrected chi connectivity index (χ2v) is 10.8. The molecule has 1 aliphatic carbocycles. The lowest BCUT2D eigenvalue weighted by molar-refractivity contribution is 0.0905. The zero-order valence-electron chi connectivity index (χ0n) is 22.8. The summed E-state index contributed by atoms with van der Waals surface area (Å²) in [4.78, 5) is 36.7. The van der Waals surface area contributed by atoms with Crippen molar-refractivity contribution in [3.63, 3.8) is 0 Å². The van der Waals surface area contributed by atoms with E-state index in [-0.39, 0.29) is 67.0 Å². The number of aromatic hydroxyl groups is 2. The van der Waals surface area contributed by atoms with Crippen LogP contribution in [0.1, 0.15) is 39.8 Å². The zero-order valence-corrected chi connectivity index (χ0v) is 23.6. The molecule has 0 amide bonds. The number of methoxy groups -OCH3 is 1. The monoisotopic (exact) mass is 581 g/mol. The topological polar surface area (TPSA) is 155 Å². The molecule has 2 aromatic carbocycles. The number of aryl methyl sites for hydroxylation is 1. The number of H-pyrrole nitrogens is 2. The van der Waals surface area contributed by atoms with Crippen molar-refractivity contribution < 1.29 is 24.5 Å². The van der Waals surface area contributed by atoms with Crippen molar-refractivity contribution in [3.05, 3.63) is 85.4 Å². The van der Waals surface area contributed by atoms with Gasteiger partial charge in [0.25, 0.3) is 5.56 Å². The predicted molar refractivity (Wildman–Crippen MR) is 156 cm³/mol. The maximum absolute atomic E-state index is 14.4. The molecule has 5 aromatic rings. The van der Waals surface area contributed by atoms with Crippen LogP contribution in [0, 0.1) is 18.6 Å². The molecule has 4 N–H and O–H groups in total. The Morgan fingerprint density at radius 3 is 2.48 bits per heavy atom. The molecule has 0 radical (unpaired) electrons. The number of allylic oxidation sites excluding steroid dienone is 1. The highest BCUT2D eigenvalue weighted by atomic mass is 32.1. The lowest BCUT2D eigenvalue weighted by atomic mass is 9.71. The number of phenols is 2. The number of phenolic OH excluding ortho intramolecular Hbond substituents is 2. The quantitative estimate of drug-likeness (QED) is 0.221. The fourth-order valence-electron chi connectivity index (χ4n) is 5.80. The lowest BCUT2D eigenvalue weighted by Gasteiger charge is -2.27. The number of fused-ring (bicyclic) bond motifs is 5. The third kappa shape index (κ3) is 3.29. The number of aromatic nitrogens is 5. The van der Waals surface area contributed by atoms with Crippen molar-refractivity contribution >= 4 is 35.1 Å². The predicted octanol–water partition coefficient (Wildman–Crippen LogP) is 4.76. The molecule has 1 unspecified atom stereocenters. The summed E-state index contributed by atoms with van der Waals surface area (Å²) in [7, 11) is 1.58.